The summed E-state index contributed by atoms with van der Waals surface area (Å²) >= 11 is 0. The normalized spacial score (nSPS) is 21.9. The van der Waals surface area contributed by atoms with Crippen LogP contribution in [0.3, 0.4) is 0 Å². The van der Waals surface area contributed by atoms with Gasteiger partial charge in [0.1, 0.15) is 0 Å². The van der Waals surface area contributed by atoms with Crippen LogP contribution in [0.5, 0.6) is 0 Å². The number of amides is 1. The van der Waals surface area contributed by atoms with Crippen molar-refractivity contribution in [2.24, 2.45) is 11.8 Å². The number of hydrogen-bond acceptors (Lipinski definition) is 3. The van der Waals surface area contributed by atoms with E-state index in [0.717, 1.165) is 44.8 Å². The fourth-order valence-corrected chi connectivity index (χ4v) is 3.85. The molecule has 2 fully saturated rings. The second-order valence-electron chi connectivity index (χ2n) is 7.24. The van der Waals surface area contributed by atoms with Crippen molar-refractivity contribution in [2.45, 2.75) is 33.4 Å². The van der Waals surface area contributed by atoms with Crippen LogP contribution in [0.1, 0.15) is 36.7 Å². The molecular weight excluding hydrogens is 357 g/mol. The van der Waals surface area contributed by atoms with Crippen molar-refractivity contribution in [3.05, 3.63) is 35.4 Å². The highest BCUT2D eigenvalue weighted by Crippen LogP contribution is 2.27. The third-order valence-corrected chi connectivity index (χ3v) is 5.40. The summed E-state index contributed by atoms with van der Waals surface area (Å²) in [5.74, 6) is 1.51. The highest BCUT2D eigenvalue weighted by atomic mass is 35.5. The lowest BCUT2D eigenvalue weighted by molar-refractivity contribution is 0.0781. The molecule has 2 aliphatic rings. The second-order valence-corrected chi connectivity index (χ2v) is 7.24. The molecule has 142 valence electrons. The predicted molar refractivity (Wildman–Crippen MR) is 108 cm³/mol. The number of halogens is 2. The van der Waals surface area contributed by atoms with Crippen molar-refractivity contribution in [1.29, 1.82) is 0 Å². The Kier molecular flexibility index (Phi) is 8.69. The van der Waals surface area contributed by atoms with E-state index in [0.29, 0.717) is 17.9 Å². The molecule has 2 atom stereocenters. The Morgan fingerprint density at radius 2 is 1.72 bits per heavy atom. The number of nitrogens with one attached hydrogen (secondary N) is 1. The monoisotopic (exact) mass is 387 g/mol. The maximum absolute atomic E-state index is 12.7. The fourth-order valence-electron chi connectivity index (χ4n) is 3.85. The molecule has 0 radical (unpaired) electrons. The molecule has 0 aliphatic carbocycles. The number of fused-ring (bicyclic) bond motifs is 1. The zero-order chi connectivity index (χ0) is 16.4. The van der Waals surface area contributed by atoms with Crippen LogP contribution in [0.4, 0.5) is 0 Å². The molecule has 1 aromatic rings. The summed E-state index contributed by atoms with van der Waals surface area (Å²) < 4.78 is 0. The highest BCUT2D eigenvalue weighted by Gasteiger charge is 2.38. The zero-order valence-corrected chi connectivity index (χ0v) is 17.0. The summed E-state index contributed by atoms with van der Waals surface area (Å²) in [6, 6.07) is 8.75. The van der Waals surface area contributed by atoms with Gasteiger partial charge in [0.15, 0.2) is 0 Å². The molecule has 0 unspecified atom stereocenters. The van der Waals surface area contributed by atoms with Crippen LogP contribution in [0.15, 0.2) is 24.3 Å². The molecule has 2 saturated heterocycles. The minimum atomic E-state index is 0. The molecule has 2 heterocycles. The highest BCUT2D eigenvalue weighted by molar-refractivity contribution is 5.94. The van der Waals surface area contributed by atoms with E-state index in [4.69, 9.17) is 0 Å². The van der Waals surface area contributed by atoms with E-state index in [2.05, 4.69) is 43.1 Å². The number of benzene rings is 1. The fraction of sp³-hybridized carbons (Fsp3) is 0.632. The van der Waals surface area contributed by atoms with Crippen LogP contribution in [-0.2, 0) is 6.54 Å². The molecule has 0 saturated carbocycles. The third-order valence-electron chi connectivity index (χ3n) is 5.40. The number of nitrogens with zero attached hydrogens (tertiary/aromatic N) is 2. The number of hydrogen-bond donors (Lipinski definition) is 1. The quantitative estimate of drug-likeness (QED) is 0.842. The minimum absolute atomic E-state index is 0. The predicted octanol–water partition coefficient (Wildman–Crippen LogP) is 3.05. The molecule has 3 rings (SSSR count). The first-order valence-electron chi connectivity index (χ1n) is 8.91. The zero-order valence-electron chi connectivity index (χ0n) is 15.4. The van der Waals surface area contributed by atoms with Gasteiger partial charge < -0.3 is 10.2 Å². The van der Waals surface area contributed by atoms with Crippen molar-refractivity contribution in [1.82, 2.24) is 15.1 Å². The Bertz CT molecular complexity index is 538. The van der Waals surface area contributed by atoms with Gasteiger partial charge in [-0.1, -0.05) is 19.1 Å². The first kappa shape index (κ1) is 22.2. The van der Waals surface area contributed by atoms with Crippen molar-refractivity contribution >= 4 is 30.7 Å². The Labute approximate surface area is 164 Å². The van der Waals surface area contributed by atoms with Gasteiger partial charge in [0, 0.05) is 44.3 Å². The van der Waals surface area contributed by atoms with Crippen LogP contribution < -0.4 is 5.32 Å². The van der Waals surface area contributed by atoms with E-state index >= 15 is 0 Å². The molecule has 25 heavy (non-hydrogen) atoms. The minimum Gasteiger partial charge on any atom is -0.338 e. The van der Waals surface area contributed by atoms with Gasteiger partial charge in [0.05, 0.1) is 0 Å². The Hall–Kier alpha value is -0.810. The van der Waals surface area contributed by atoms with Crippen LogP contribution in [0.2, 0.25) is 0 Å². The molecular formula is C19H31Cl2N3O. The first-order valence-corrected chi connectivity index (χ1v) is 8.91. The molecule has 0 spiro atoms. The Morgan fingerprint density at radius 1 is 1.16 bits per heavy atom. The van der Waals surface area contributed by atoms with Crippen molar-refractivity contribution < 1.29 is 4.79 Å². The molecule has 1 aromatic carbocycles. The Balaban J connectivity index is 0.00000156. The number of rotatable bonds is 5. The topological polar surface area (TPSA) is 35.6 Å². The average Bonchev–Trinajstić information content (AvgIpc) is 3.13. The van der Waals surface area contributed by atoms with Crippen LogP contribution in [0.25, 0.3) is 0 Å². The van der Waals surface area contributed by atoms with E-state index in [1.54, 1.807) is 0 Å². The molecule has 0 aromatic heterocycles. The van der Waals surface area contributed by atoms with E-state index in [1.807, 2.05) is 17.0 Å². The van der Waals surface area contributed by atoms with Crippen LogP contribution in [0, 0.1) is 11.8 Å². The smallest absolute Gasteiger partial charge is 0.253 e. The molecule has 0 bridgehead atoms. The maximum atomic E-state index is 12.7. The molecule has 4 nitrogen and oxygen atoms in total. The Morgan fingerprint density at radius 3 is 2.20 bits per heavy atom. The number of likely N-dealkylation sites (tertiary alicyclic amines) is 1. The molecule has 1 amide bonds. The van der Waals surface area contributed by atoms with Gasteiger partial charge >= 0.3 is 0 Å². The average molecular weight is 388 g/mol. The van der Waals surface area contributed by atoms with Gasteiger partial charge in [-0.15, -0.1) is 24.8 Å². The van der Waals surface area contributed by atoms with E-state index < -0.39 is 0 Å². The number of carbonyl (C=O) groups is 1. The van der Waals surface area contributed by atoms with Gasteiger partial charge in [0.25, 0.3) is 5.91 Å². The summed E-state index contributed by atoms with van der Waals surface area (Å²) in [5, 5.41) is 3.42. The molecule has 6 heteroatoms. The van der Waals surface area contributed by atoms with Crippen molar-refractivity contribution in [2.75, 3.05) is 32.7 Å². The standard InChI is InChI=1S/C19H29N3O.2ClH/c1-4-21(14(2)3)11-15-5-7-16(8-6-15)19(23)22-12-17-9-20-10-18(17)13-22;;/h5-8,14,17-18,20H,4,9-13H2,1-3H3;2*1H/t17-,18+;;. The van der Waals surface area contributed by atoms with Gasteiger partial charge in [0.2, 0.25) is 0 Å². The van der Waals surface area contributed by atoms with Crippen LogP contribution >= 0.6 is 24.8 Å². The van der Waals surface area contributed by atoms with Gasteiger partial charge in [-0.2, -0.15) is 0 Å². The van der Waals surface area contributed by atoms with E-state index in [1.165, 1.54) is 5.56 Å². The summed E-state index contributed by atoms with van der Waals surface area (Å²) in [6.45, 7) is 12.6. The van der Waals surface area contributed by atoms with E-state index in [-0.39, 0.29) is 30.7 Å². The summed E-state index contributed by atoms with van der Waals surface area (Å²) in [4.78, 5) is 17.1. The van der Waals surface area contributed by atoms with Gasteiger partial charge in [-0.05, 0) is 49.9 Å². The third kappa shape index (κ3) is 5.10. The van der Waals surface area contributed by atoms with Gasteiger partial charge in [-0.25, -0.2) is 0 Å². The molecule has 1 N–H and O–H groups in total. The summed E-state index contributed by atoms with van der Waals surface area (Å²) in [6.07, 6.45) is 0. The number of carbonyl (C=O) groups excluding carboxylic acids is 1. The van der Waals surface area contributed by atoms with Crippen molar-refractivity contribution in [3.63, 3.8) is 0 Å². The SMILES string of the molecule is CCN(Cc1ccc(C(=O)N2C[C@H]3CNC[C@H]3C2)cc1)C(C)C.Cl.Cl. The summed E-state index contributed by atoms with van der Waals surface area (Å²) in [7, 11) is 0. The van der Waals surface area contributed by atoms with Crippen LogP contribution in [-0.4, -0.2) is 54.5 Å². The largest absolute Gasteiger partial charge is 0.338 e. The second kappa shape index (κ2) is 9.77. The lowest BCUT2D eigenvalue weighted by Gasteiger charge is -2.25. The van der Waals surface area contributed by atoms with Gasteiger partial charge in [-0.3, -0.25) is 9.69 Å². The van der Waals surface area contributed by atoms with Crippen molar-refractivity contribution in [3.8, 4) is 0 Å². The maximum Gasteiger partial charge on any atom is 0.253 e. The molecule has 2 aliphatic heterocycles. The lowest BCUT2D eigenvalue weighted by atomic mass is 10.0. The van der Waals surface area contributed by atoms with E-state index in [9.17, 15) is 4.79 Å². The lowest BCUT2D eigenvalue weighted by Crippen LogP contribution is -2.32. The first-order chi connectivity index (χ1) is 11.1. The summed E-state index contributed by atoms with van der Waals surface area (Å²) in [5.41, 5.74) is 2.11.